The smallest absolute Gasteiger partial charge is 0.354 e. The number of ether oxygens (including phenoxy) is 1. The van der Waals surface area contributed by atoms with Gasteiger partial charge in [0.1, 0.15) is 5.71 Å². The minimum Gasteiger partial charge on any atom is -0.461 e. The predicted molar refractivity (Wildman–Crippen MR) is 33.9 cm³/mol. The second-order valence-corrected chi connectivity index (χ2v) is 1.43. The number of hydrogen-bond donors (Lipinski definition) is 1. The highest BCUT2D eigenvalue weighted by atomic mass is 16.5. The average Bonchev–Trinajstić information content (AvgIpc) is 1.87. The Balaban J connectivity index is 3.74. The molecule has 0 heterocycles. The van der Waals surface area contributed by atoms with Gasteiger partial charge in [-0.05, 0) is 13.8 Å². The highest BCUT2D eigenvalue weighted by Gasteiger charge is 2.03. The van der Waals surface area contributed by atoms with Crippen LogP contribution in [-0.2, 0) is 9.53 Å². The maximum atomic E-state index is 10.5. The van der Waals surface area contributed by atoms with Crippen molar-refractivity contribution in [3.05, 3.63) is 0 Å². The molecule has 0 aliphatic heterocycles. The van der Waals surface area contributed by atoms with E-state index in [1.165, 1.54) is 6.92 Å². The molecule has 0 aromatic rings. The van der Waals surface area contributed by atoms with Crippen LogP contribution in [-0.4, -0.2) is 18.3 Å². The molecule has 4 heteroatoms. The van der Waals surface area contributed by atoms with E-state index in [1.807, 2.05) is 0 Å². The first-order valence-electron chi connectivity index (χ1n) is 2.64. The molecule has 52 valence electrons. The third-order valence-electron chi connectivity index (χ3n) is 0.764. The van der Waals surface area contributed by atoms with E-state index in [9.17, 15) is 4.79 Å². The summed E-state index contributed by atoms with van der Waals surface area (Å²) in [6.07, 6.45) is 0. The Morgan fingerprint density at radius 1 is 1.78 bits per heavy atom. The van der Waals surface area contributed by atoms with Crippen LogP contribution in [0, 0.1) is 0 Å². The molecule has 0 unspecified atom stereocenters. The van der Waals surface area contributed by atoms with Gasteiger partial charge in [-0.25, -0.2) is 4.79 Å². The van der Waals surface area contributed by atoms with Crippen molar-refractivity contribution in [1.82, 2.24) is 0 Å². The summed E-state index contributed by atoms with van der Waals surface area (Å²) in [5.41, 5.74) is 0.192. The minimum atomic E-state index is -0.458. The summed E-state index contributed by atoms with van der Waals surface area (Å²) in [6.45, 7) is 3.57. The van der Waals surface area contributed by atoms with E-state index < -0.39 is 5.97 Å². The zero-order valence-corrected chi connectivity index (χ0v) is 5.55. The molecule has 0 spiro atoms. The van der Waals surface area contributed by atoms with Crippen LogP contribution in [0.25, 0.3) is 0 Å². The highest BCUT2D eigenvalue weighted by molar-refractivity contribution is 6.35. The maximum Gasteiger partial charge on any atom is 0.354 e. The monoisotopic (exact) mass is 130 g/mol. The van der Waals surface area contributed by atoms with Gasteiger partial charge in [0.2, 0.25) is 0 Å². The Kier molecular flexibility index (Phi) is 3.43. The van der Waals surface area contributed by atoms with E-state index in [4.69, 9.17) is 5.84 Å². The largest absolute Gasteiger partial charge is 0.461 e. The van der Waals surface area contributed by atoms with Crippen molar-refractivity contribution >= 4 is 11.7 Å². The fourth-order valence-electron chi connectivity index (χ4n) is 0.288. The molecule has 0 aliphatic rings. The zero-order valence-electron chi connectivity index (χ0n) is 5.55. The van der Waals surface area contributed by atoms with Crippen molar-refractivity contribution in [3.63, 3.8) is 0 Å². The molecule has 0 aromatic carbocycles. The lowest BCUT2D eigenvalue weighted by Crippen LogP contribution is -2.15. The summed E-state index contributed by atoms with van der Waals surface area (Å²) in [4.78, 5) is 10.5. The van der Waals surface area contributed by atoms with Gasteiger partial charge in [0.05, 0.1) is 6.61 Å². The van der Waals surface area contributed by atoms with Crippen LogP contribution in [0.15, 0.2) is 5.10 Å². The van der Waals surface area contributed by atoms with Crippen molar-refractivity contribution in [2.75, 3.05) is 6.61 Å². The molecule has 0 saturated carbocycles. The molecule has 0 saturated heterocycles. The summed E-state index contributed by atoms with van der Waals surface area (Å²) in [5, 5.41) is 3.15. The van der Waals surface area contributed by atoms with E-state index in [1.54, 1.807) is 6.92 Å². The topological polar surface area (TPSA) is 64.7 Å². The zero-order chi connectivity index (χ0) is 7.28. The number of carbonyl (C=O) groups is 1. The Labute approximate surface area is 53.7 Å². The van der Waals surface area contributed by atoms with E-state index in [0.717, 1.165) is 0 Å². The Morgan fingerprint density at radius 3 is 2.67 bits per heavy atom. The molecular formula is C5H10N2O2. The third-order valence-corrected chi connectivity index (χ3v) is 0.764. The number of esters is 1. The van der Waals surface area contributed by atoms with Crippen LogP contribution >= 0.6 is 0 Å². The number of hydrogen-bond acceptors (Lipinski definition) is 4. The molecule has 0 radical (unpaired) electrons. The van der Waals surface area contributed by atoms with Gasteiger partial charge in [0, 0.05) is 0 Å². The summed E-state index contributed by atoms with van der Waals surface area (Å²) in [5.74, 6) is 4.33. The molecule has 0 atom stereocenters. The number of rotatable bonds is 2. The van der Waals surface area contributed by atoms with Crippen molar-refractivity contribution in [1.29, 1.82) is 0 Å². The van der Waals surface area contributed by atoms with Crippen molar-refractivity contribution in [2.45, 2.75) is 13.8 Å². The number of hydrazone groups is 1. The Morgan fingerprint density at radius 2 is 2.33 bits per heavy atom. The second-order valence-electron chi connectivity index (χ2n) is 1.43. The van der Waals surface area contributed by atoms with E-state index in [-0.39, 0.29) is 5.71 Å². The number of nitrogens with two attached hydrogens (primary N) is 1. The van der Waals surface area contributed by atoms with Gasteiger partial charge in [-0.15, -0.1) is 0 Å². The third kappa shape index (κ3) is 2.69. The molecule has 9 heavy (non-hydrogen) atoms. The van der Waals surface area contributed by atoms with Gasteiger partial charge in [0.25, 0.3) is 0 Å². The molecule has 4 nitrogen and oxygen atoms in total. The lowest BCUT2D eigenvalue weighted by molar-refractivity contribution is -0.135. The fourth-order valence-corrected chi connectivity index (χ4v) is 0.288. The number of nitrogens with zero attached hydrogens (tertiary/aromatic N) is 1. The Bertz CT molecular complexity index is 131. The molecule has 0 fully saturated rings. The molecule has 0 rings (SSSR count). The first kappa shape index (κ1) is 7.94. The highest BCUT2D eigenvalue weighted by Crippen LogP contribution is 1.80. The van der Waals surface area contributed by atoms with Crippen molar-refractivity contribution in [3.8, 4) is 0 Å². The van der Waals surface area contributed by atoms with Gasteiger partial charge < -0.3 is 10.6 Å². The Hall–Kier alpha value is -1.06. The summed E-state index contributed by atoms with van der Waals surface area (Å²) < 4.78 is 4.54. The van der Waals surface area contributed by atoms with Crippen LogP contribution in [0.1, 0.15) is 13.8 Å². The summed E-state index contributed by atoms with van der Waals surface area (Å²) >= 11 is 0. The van der Waals surface area contributed by atoms with E-state index in [2.05, 4.69) is 9.84 Å². The van der Waals surface area contributed by atoms with E-state index in [0.29, 0.717) is 6.61 Å². The van der Waals surface area contributed by atoms with Crippen molar-refractivity contribution < 1.29 is 9.53 Å². The SMILES string of the molecule is CCOC(=O)C(C)=NN. The minimum absolute atomic E-state index is 0.192. The van der Waals surface area contributed by atoms with Gasteiger partial charge in [-0.3, -0.25) is 0 Å². The normalized spacial score (nSPS) is 11.1. The molecule has 0 aromatic heterocycles. The summed E-state index contributed by atoms with van der Waals surface area (Å²) in [6, 6.07) is 0. The van der Waals surface area contributed by atoms with E-state index >= 15 is 0 Å². The summed E-state index contributed by atoms with van der Waals surface area (Å²) in [7, 11) is 0. The molecule has 0 aliphatic carbocycles. The van der Waals surface area contributed by atoms with Gasteiger partial charge in [0.15, 0.2) is 0 Å². The maximum absolute atomic E-state index is 10.5. The van der Waals surface area contributed by atoms with Gasteiger partial charge in [-0.1, -0.05) is 0 Å². The van der Waals surface area contributed by atoms with Crippen LogP contribution in [0.5, 0.6) is 0 Å². The fraction of sp³-hybridized carbons (Fsp3) is 0.600. The standard InChI is InChI=1S/C5H10N2O2/c1-3-9-5(8)4(2)7-6/h3,6H2,1-2H3. The molecular weight excluding hydrogens is 120 g/mol. The molecule has 0 amide bonds. The van der Waals surface area contributed by atoms with Crippen LogP contribution < -0.4 is 5.84 Å². The predicted octanol–water partition coefficient (Wildman–Crippen LogP) is -0.116. The second kappa shape index (κ2) is 3.88. The quantitative estimate of drug-likeness (QED) is 0.245. The van der Waals surface area contributed by atoms with Crippen LogP contribution in [0.3, 0.4) is 0 Å². The van der Waals surface area contributed by atoms with Gasteiger partial charge in [-0.2, -0.15) is 5.10 Å². The van der Waals surface area contributed by atoms with Crippen molar-refractivity contribution in [2.24, 2.45) is 10.9 Å². The molecule has 2 N–H and O–H groups in total. The average molecular weight is 130 g/mol. The van der Waals surface area contributed by atoms with Crippen LogP contribution in [0.4, 0.5) is 0 Å². The molecule has 0 bridgehead atoms. The van der Waals surface area contributed by atoms with Gasteiger partial charge >= 0.3 is 5.97 Å². The van der Waals surface area contributed by atoms with Crippen LogP contribution in [0.2, 0.25) is 0 Å². The number of carbonyl (C=O) groups excluding carboxylic acids is 1. The first-order valence-corrected chi connectivity index (χ1v) is 2.64. The lowest BCUT2D eigenvalue weighted by atomic mass is 10.4. The first-order chi connectivity index (χ1) is 4.22. The lowest BCUT2D eigenvalue weighted by Gasteiger charge is -1.96.